The fourth-order valence-electron chi connectivity index (χ4n) is 3.32. The quantitative estimate of drug-likeness (QED) is 0.0976. The largest absolute Gasteiger partial charge is 0.423 e. The van der Waals surface area contributed by atoms with Gasteiger partial charge < -0.3 is 10.1 Å². The molecule has 0 aliphatic carbocycles. The van der Waals surface area contributed by atoms with Crippen LogP contribution in [0.2, 0.25) is 5.02 Å². The molecule has 38 heavy (non-hydrogen) atoms. The van der Waals surface area contributed by atoms with E-state index in [9.17, 15) is 14.4 Å². The van der Waals surface area contributed by atoms with E-state index in [1.165, 1.54) is 18.4 Å². The van der Waals surface area contributed by atoms with Gasteiger partial charge in [-0.05, 0) is 66.2 Å². The molecule has 4 rings (SSSR count). The molecule has 4 aromatic carbocycles. The normalized spacial score (nSPS) is 10.9. The number of hydrogen-bond acceptors (Lipinski definition) is 5. The standard InChI is InChI=1S/C30H22ClN3O4/c31-25-16-14-22(15-17-25)29(36)33-26-11-6-10-23(19-26)30(37)34-32-20-24-9-4-5-12-27(24)38-28(35)18-13-21-7-2-1-3-8-21/h1-20H,(H,33,36)(H,34,37)/b18-13+,32-20?. The average Bonchev–Trinajstić information content (AvgIpc) is 2.94. The molecular weight excluding hydrogens is 502 g/mol. The molecule has 4 aromatic rings. The van der Waals surface area contributed by atoms with Crippen LogP contribution in [0.25, 0.3) is 6.08 Å². The molecule has 0 heterocycles. The van der Waals surface area contributed by atoms with Crippen molar-refractivity contribution in [1.82, 2.24) is 5.43 Å². The number of carbonyl (C=O) groups excluding carboxylic acids is 3. The zero-order chi connectivity index (χ0) is 26.7. The Bertz CT molecular complexity index is 1500. The van der Waals surface area contributed by atoms with E-state index in [1.54, 1.807) is 72.8 Å². The Morgan fingerprint density at radius 3 is 2.29 bits per heavy atom. The highest BCUT2D eigenvalue weighted by atomic mass is 35.5. The molecule has 188 valence electrons. The Kier molecular flexibility index (Phi) is 8.78. The van der Waals surface area contributed by atoms with Gasteiger partial charge >= 0.3 is 5.97 Å². The van der Waals surface area contributed by atoms with Crippen LogP contribution in [0.4, 0.5) is 5.69 Å². The summed E-state index contributed by atoms with van der Waals surface area (Å²) in [6.45, 7) is 0. The summed E-state index contributed by atoms with van der Waals surface area (Å²) in [6.07, 6.45) is 4.38. The van der Waals surface area contributed by atoms with Gasteiger partial charge in [-0.15, -0.1) is 0 Å². The van der Waals surface area contributed by atoms with Crippen molar-refractivity contribution in [2.75, 3.05) is 5.32 Å². The number of amides is 2. The number of esters is 1. The molecule has 7 nitrogen and oxygen atoms in total. The number of para-hydroxylation sites is 1. The summed E-state index contributed by atoms with van der Waals surface area (Å²) in [5.74, 6) is -1.07. The van der Waals surface area contributed by atoms with E-state index >= 15 is 0 Å². The number of halogens is 1. The summed E-state index contributed by atoms with van der Waals surface area (Å²) in [7, 11) is 0. The summed E-state index contributed by atoms with van der Waals surface area (Å²) in [4.78, 5) is 37.3. The molecule has 0 fully saturated rings. The van der Waals surface area contributed by atoms with Gasteiger partial charge in [-0.2, -0.15) is 5.10 Å². The third-order valence-electron chi connectivity index (χ3n) is 5.20. The second-order valence-electron chi connectivity index (χ2n) is 7.94. The van der Waals surface area contributed by atoms with Crippen LogP contribution in [-0.2, 0) is 4.79 Å². The zero-order valence-corrected chi connectivity index (χ0v) is 20.8. The lowest BCUT2D eigenvalue weighted by molar-refractivity contribution is -0.128. The van der Waals surface area contributed by atoms with E-state index in [0.29, 0.717) is 33.1 Å². The van der Waals surface area contributed by atoms with Crippen LogP contribution in [0.5, 0.6) is 5.75 Å². The molecule has 0 atom stereocenters. The van der Waals surface area contributed by atoms with Gasteiger partial charge in [0.2, 0.25) is 0 Å². The van der Waals surface area contributed by atoms with E-state index in [0.717, 1.165) is 5.56 Å². The number of hydrogen-bond donors (Lipinski definition) is 2. The summed E-state index contributed by atoms with van der Waals surface area (Å²) >= 11 is 5.87. The molecule has 0 spiro atoms. The summed E-state index contributed by atoms with van der Waals surface area (Å²) in [5.41, 5.74) is 4.99. The van der Waals surface area contributed by atoms with Gasteiger partial charge in [0.25, 0.3) is 11.8 Å². The predicted octanol–water partition coefficient (Wildman–Crippen LogP) is 5.98. The van der Waals surface area contributed by atoms with E-state index in [1.807, 2.05) is 30.3 Å². The molecule has 0 unspecified atom stereocenters. The first-order valence-corrected chi connectivity index (χ1v) is 11.9. The first kappa shape index (κ1) is 26.1. The molecule has 0 radical (unpaired) electrons. The van der Waals surface area contributed by atoms with Gasteiger partial charge in [-0.25, -0.2) is 10.2 Å². The number of benzene rings is 4. The molecule has 0 bridgehead atoms. The molecular formula is C30H22ClN3O4. The fraction of sp³-hybridized carbons (Fsp3) is 0. The number of carbonyl (C=O) groups is 3. The summed E-state index contributed by atoms with van der Waals surface area (Å²) in [6, 6.07) is 29.1. The third-order valence-corrected chi connectivity index (χ3v) is 5.45. The second kappa shape index (κ2) is 12.8. The van der Waals surface area contributed by atoms with Gasteiger partial charge in [0, 0.05) is 33.5 Å². The van der Waals surface area contributed by atoms with Crippen LogP contribution >= 0.6 is 11.6 Å². The number of ether oxygens (including phenoxy) is 1. The topological polar surface area (TPSA) is 96.9 Å². The first-order chi connectivity index (χ1) is 18.5. The van der Waals surface area contributed by atoms with Crippen LogP contribution in [-0.4, -0.2) is 24.0 Å². The molecule has 2 N–H and O–H groups in total. The monoisotopic (exact) mass is 523 g/mol. The first-order valence-electron chi connectivity index (χ1n) is 11.5. The van der Waals surface area contributed by atoms with Crippen molar-refractivity contribution in [2.24, 2.45) is 5.10 Å². The highest BCUT2D eigenvalue weighted by Crippen LogP contribution is 2.17. The Labute approximate surface area is 224 Å². The van der Waals surface area contributed by atoms with Crippen molar-refractivity contribution in [3.05, 3.63) is 136 Å². The SMILES string of the molecule is O=C(/C=C/c1ccccc1)Oc1ccccc1C=NNC(=O)c1cccc(NC(=O)c2ccc(Cl)cc2)c1. The summed E-state index contributed by atoms with van der Waals surface area (Å²) < 4.78 is 5.43. The number of anilines is 1. The van der Waals surface area contributed by atoms with Crippen LogP contribution in [0.3, 0.4) is 0 Å². The molecule has 0 aliphatic rings. The second-order valence-corrected chi connectivity index (χ2v) is 8.38. The van der Waals surface area contributed by atoms with Gasteiger partial charge in [-0.3, -0.25) is 9.59 Å². The minimum Gasteiger partial charge on any atom is -0.423 e. The van der Waals surface area contributed by atoms with Crippen LogP contribution in [0.1, 0.15) is 31.8 Å². The van der Waals surface area contributed by atoms with Crippen molar-refractivity contribution in [3.8, 4) is 5.75 Å². The predicted molar refractivity (Wildman–Crippen MR) is 148 cm³/mol. The minimum absolute atomic E-state index is 0.292. The highest BCUT2D eigenvalue weighted by molar-refractivity contribution is 6.30. The van der Waals surface area contributed by atoms with E-state index in [2.05, 4.69) is 15.8 Å². The average molecular weight is 524 g/mol. The minimum atomic E-state index is -0.545. The van der Waals surface area contributed by atoms with Gasteiger partial charge in [0.1, 0.15) is 5.75 Å². The zero-order valence-electron chi connectivity index (χ0n) is 20.0. The lowest BCUT2D eigenvalue weighted by Crippen LogP contribution is -2.18. The van der Waals surface area contributed by atoms with Crippen molar-refractivity contribution in [1.29, 1.82) is 0 Å². The van der Waals surface area contributed by atoms with Gasteiger partial charge in [0.05, 0.1) is 6.21 Å². The molecule has 2 amide bonds. The third kappa shape index (κ3) is 7.49. The maximum atomic E-state index is 12.6. The van der Waals surface area contributed by atoms with E-state index < -0.39 is 11.9 Å². The molecule has 0 saturated carbocycles. The van der Waals surface area contributed by atoms with Crippen molar-refractivity contribution >= 4 is 47.4 Å². The van der Waals surface area contributed by atoms with Crippen molar-refractivity contribution in [2.45, 2.75) is 0 Å². The summed E-state index contributed by atoms with van der Waals surface area (Å²) in [5, 5.41) is 7.27. The van der Waals surface area contributed by atoms with Crippen LogP contribution in [0, 0.1) is 0 Å². The smallest absolute Gasteiger partial charge is 0.336 e. The number of rotatable bonds is 8. The Morgan fingerprint density at radius 1 is 0.763 bits per heavy atom. The van der Waals surface area contributed by atoms with Gasteiger partial charge in [-0.1, -0.05) is 60.1 Å². The Morgan fingerprint density at radius 2 is 1.50 bits per heavy atom. The number of nitrogens with one attached hydrogen (secondary N) is 2. The maximum Gasteiger partial charge on any atom is 0.336 e. The maximum absolute atomic E-state index is 12.6. The van der Waals surface area contributed by atoms with Crippen LogP contribution in [0.15, 0.2) is 114 Å². The molecule has 0 saturated heterocycles. The number of hydrazone groups is 1. The molecule has 0 aliphatic heterocycles. The van der Waals surface area contributed by atoms with Crippen molar-refractivity contribution in [3.63, 3.8) is 0 Å². The van der Waals surface area contributed by atoms with Gasteiger partial charge in [0.15, 0.2) is 0 Å². The lowest BCUT2D eigenvalue weighted by Gasteiger charge is -2.07. The van der Waals surface area contributed by atoms with E-state index in [4.69, 9.17) is 16.3 Å². The molecule has 0 aromatic heterocycles. The van der Waals surface area contributed by atoms with Crippen LogP contribution < -0.4 is 15.5 Å². The van der Waals surface area contributed by atoms with E-state index in [-0.39, 0.29) is 5.91 Å². The van der Waals surface area contributed by atoms with Crippen molar-refractivity contribution < 1.29 is 19.1 Å². The Balaban J connectivity index is 1.36. The lowest BCUT2D eigenvalue weighted by atomic mass is 10.1. The highest BCUT2D eigenvalue weighted by Gasteiger charge is 2.10. The fourth-order valence-corrected chi connectivity index (χ4v) is 3.44. The number of nitrogens with zero attached hydrogens (tertiary/aromatic N) is 1. The Hall–Kier alpha value is -5.01. The molecule has 8 heteroatoms.